The molecule has 0 radical (unpaired) electrons. The number of carbonyl (C=O) groups excluding carboxylic acids is 1. The molecule has 0 aliphatic rings. The van der Waals surface area contributed by atoms with Gasteiger partial charge >= 0.3 is 5.97 Å². The lowest BCUT2D eigenvalue weighted by Gasteiger charge is -2.16. The molecule has 0 aliphatic heterocycles. The predicted octanol–water partition coefficient (Wildman–Crippen LogP) is 5.66. The zero-order valence-electron chi connectivity index (χ0n) is 22.3. The van der Waals surface area contributed by atoms with E-state index < -0.39 is 12.1 Å². The van der Waals surface area contributed by atoms with Crippen molar-refractivity contribution < 1.29 is 29.3 Å². The maximum atomic E-state index is 11.7. The number of carboxylic acid groups (broad SMARTS) is 1. The summed E-state index contributed by atoms with van der Waals surface area (Å²) in [6.07, 6.45) is 9.17. The molecule has 0 aliphatic carbocycles. The number of methoxy groups -OCH3 is 1. The Morgan fingerprint density at radius 2 is 1.76 bits per heavy atom. The lowest BCUT2D eigenvalue weighted by atomic mass is 9.98. The molecule has 1 amide bonds. The number of unbranched alkanes of at least 4 members (excludes halogenated alkanes) is 3. The first-order valence-corrected chi connectivity index (χ1v) is 13.0. The van der Waals surface area contributed by atoms with Crippen molar-refractivity contribution in [1.29, 1.82) is 0 Å². The molecule has 0 aromatic heterocycles. The second-order valence-electron chi connectivity index (χ2n) is 9.33. The van der Waals surface area contributed by atoms with Crippen LogP contribution in [0.4, 0.5) is 0 Å². The van der Waals surface area contributed by atoms with Gasteiger partial charge in [-0.3, -0.25) is 9.59 Å². The highest BCUT2D eigenvalue weighted by Crippen LogP contribution is 2.28. The zero-order chi connectivity index (χ0) is 27.0. The maximum absolute atomic E-state index is 11.7. The number of aliphatic hydroxyl groups excluding tert-OH is 1. The maximum Gasteiger partial charge on any atom is 0.303 e. The Balaban J connectivity index is 1.82. The summed E-state index contributed by atoms with van der Waals surface area (Å²) in [5.74, 6) is 0.724. The molecule has 7 nitrogen and oxygen atoms in total. The minimum absolute atomic E-state index is 0.00128. The van der Waals surface area contributed by atoms with Gasteiger partial charge < -0.3 is 24.6 Å². The number of benzene rings is 2. The number of allylic oxidation sites excluding steroid dienone is 1. The number of nitrogens with zero attached hydrogens (tertiary/aromatic N) is 1. The lowest BCUT2D eigenvalue weighted by molar-refractivity contribution is -0.137. The van der Waals surface area contributed by atoms with E-state index in [9.17, 15) is 14.7 Å². The standard InChI is InChI=1S/C30H41NO6/c1-31(2)29(33)12-8-7-11-27(32)24-15-19-28(25(22-24)16-20-30(34)35)37-21-9-5-4-6-10-23-13-17-26(36-3)18-14-23/h6,10,13-15,17-19,22,27,32H,4-5,7-9,11-12,16,20-21H2,1-3H3,(H,34,35)/b10-6+. The number of hydrogen-bond donors (Lipinski definition) is 2. The topological polar surface area (TPSA) is 96.3 Å². The minimum Gasteiger partial charge on any atom is -0.497 e. The molecule has 1 atom stereocenters. The van der Waals surface area contributed by atoms with Gasteiger partial charge in [-0.05, 0) is 79.5 Å². The number of aliphatic hydroxyl groups is 1. The summed E-state index contributed by atoms with van der Waals surface area (Å²) in [4.78, 5) is 24.4. The van der Waals surface area contributed by atoms with E-state index >= 15 is 0 Å². The number of rotatable bonds is 17. The Bertz CT molecular complexity index is 1000. The smallest absolute Gasteiger partial charge is 0.303 e. The summed E-state index contributed by atoms with van der Waals surface area (Å²) in [6, 6.07) is 13.4. The number of aliphatic carboxylic acids is 1. The van der Waals surface area contributed by atoms with Crippen molar-refractivity contribution in [2.45, 2.75) is 63.9 Å². The van der Waals surface area contributed by atoms with Crippen LogP contribution in [0.15, 0.2) is 48.5 Å². The van der Waals surface area contributed by atoms with Gasteiger partial charge in [0.15, 0.2) is 0 Å². The molecule has 0 saturated carbocycles. The normalized spacial score (nSPS) is 11.9. The minimum atomic E-state index is -0.869. The van der Waals surface area contributed by atoms with Gasteiger partial charge in [-0.15, -0.1) is 0 Å². The van der Waals surface area contributed by atoms with E-state index in [1.807, 2.05) is 42.5 Å². The third-order valence-corrected chi connectivity index (χ3v) is 6.14. The van der Waals surface area contributed by atoms with Crippen LogP contribution in [-0.2, 0) is 16.0 Å². The Kier molecular flexibility index (Phi) is 13.3. The number of carboxylic acids is 1. The van der Waals surface area contributed by atoms with Gasteiger partial charge in [0, 0.05) is 26.9 Å². The molecule has 2 N–H and O–H groups in total. The van der Waals surface area contributed by atoms with Gasteiger partial charge in [-0.25, -0.2) is 0 Å². The Morgan fingerprint density at radius 1 is 1.00 bits per heavy atom. The van der Waals surface area contributed by atoms with Crippen LogP contribution < -0.4 is 9.47 Å². The molecule has 2 aromatic carbocycles. The van der Waals surface area contributed by atoms with Crippen LogP contribution in [0.1, 0.15) is 74.2 Å². The highest BCUT2D eigenvalue weighted by Gasteiger charge is 2.13. The fourth-order valence-corrected chi connectivity index (χ4v) is 3.87. The van der Waals surface area contributed by atoms with Crippen molar-refractivity contribution in [2.75, 3.05) is 27.8 Å². The molecule has 202 valence electrons. The number of amides is 1. The van der Waals surface area contributed by atoms with Crippen molar-refractivity contribution in [1.82, 2.24) is 4.90 Å². The van der Waals surface area contributed by atoms with E-state index in [1.54, 1.807) is 26.1 Å². The molecule has 0 fully saturated rings. The van der Waals surface area contributed by atoms with E-state index in [0.29, 0.717) is 31.6 Å². The number of ether oxygens (including phenoxy) is 2. The lowest BCUT2D eigenvalue weighted by Crippen LogP contribution is -2.21. The van der Waals surface area contributed by atoms with E-state index in [2.05, 4.69) is 12.2 Å². The van der Waals surface area contributed by atoms with Gasteiger partial charge in [0.25, 0.3) is 0 Å². The average Bonchev–Trinajstić information content (AvgIpc) is 2.89. The third kappa shape index (κ3) is 11.5. The first kappa shape index (κ1) is 29.9. The molecule has 1 unspecified atom stereocenters. The van der Waals surface area contributed by atoms with Gasteiger partial charge in [0.2, 0.25) is 5.91 Å². The summed E-state index contributed by atoms with van der Waals surface area (Å²) >= 11 is 0. The second-order valence-corrected chi connectivity index (χ2v) is 9.33. The quantitative estimate of drug-likeness (QED) is 0.266. The van der Waals surface area contributed by atoms with Crippen LogP contribution in [0.5, 0.6) is 11.5 Å². The average molecular weight is 512 g/mol. The molecule has 37 heavy (non-hydrogen) atoms. The first-order valence-electron chi connectivity index (χ1n) is 13.0. The van der Waals surface area contributed by atoms with Crippen LogP contribution >= 0.6 is 0 Å². The highest BCUT2D eigenvalue weighted by molar-refractivity contribution is 5.75. The van der Waals surface area contributed by atoms with Crippen LogP contribution in [-0.4, -0.2) is 54.8 Å². The summed E-state index contributed by atoms with van der Waals surface area (Å²) in [6.45, 7) is 0.540. The van der Waals surface area contributed by atoms with Gasteiger partial charge in [-0.1, -0.05) is 36.8 Å². The molecule has 2 rings (SSSR count). The molecule has 0 saturated heterocycles. The van der Waals surface area contributed by atoms with Crippen molar-refractivity contribution >= 4 is 18.0 Å². The molecule has 7 heteroatoms. The van der Waals surface area contributed by atoms with Crippen LogP contribution in [0.25, 0.3) is 6.08 Å². The fourth-order valence-electron chi connectivity index (χ4n) is 3.87. The Hall–Kier alpha value is -3.32. The molecular formula is C30H41NO6. The van der Waals surface area contributed by atoms with Gasteiger partial charge in [-0.2, -0.15) is 0 Å². The largest absolute Gasteiger partial charge is 0.497 e. The van der Waals surface area contributed by atoms with E-state index in [1.165, 1.54) is 0 Å². The summed E-state index contributed by atoms with van der Waals surface area (Å²) in [7, 11) is 5.13. The zero-order valence-corrected chi connectivity index (χ0v) is 22.3. The number of hydrogen-bond acceptors (Lipinski definition) is 5. The predicted molar refractivity (Wildman–Crippen MR) is 146 cm³/mol. The molecule has 2 aromatic rings. The van der Waals surface area contributed by atoms with E-state index in [4.69, 9.17) is 14.6 Å². The van der Waals surface area contributed by atoms with Crippen molar-refractivity contribution in [3.8, 4) is 11.5 Å². The number of carbonyl (C=O) groups is 2. The Morgan fingerprint density at radius 3 is 2.43 bits per heavy atom. The molecule has 0 heterocycles. The number of aryl methyl sites for hydroxylation is 1. The second kappa shape index (κ2) is 16.4. The van der Waals surface area contributed by atoms with E-state index in [0.717, 1.165) is 54.5 Å². The van der Waals surface area contributed by atoms with Gasteiger partial charge in [0.05, 0.1) is 19.8 Å². The SMILES string of the molecule is COc1ccc(/C=C/CCCCOc2ccc(C(O)CCCCC(=O)N(C)C)cc2CCC(=O)O)cc1. The van der Waals surface area contributed by atoms with Crippen molar-refractivity contribution in [3.05, 3.63) is 65.2 Å². The summed E-state index contributed by atoms with van der Waals surface area (Å²) in [5, 5.41) is 19.8. The van der Waals surface area contributed by atoms with Crippen LogP contribution in [0.2, 0.25) is 0 Å². The van der Waals surface area contributed by atoms with Crippen molar-refractivity contribution in [3.63, 3.8) is 0 Å². The van der Waals surface area contributed by atoms with E-state index in [-0.39, 0.29) is 12.3 Å². The van der Waals surface area contributed by atoms with Crippen LogP contribution in [0, 0.1) is 0 Å². The Labute approximate surface area is 220 Å². The third-order valence-electron chi connectivity index (χ3n) is 6.14. The van der Waals surface area contributed by atoms with Crippen LogP contribution in [0.3, 0.4) is 0 Å². The summed E-state index contributed by atoms with van der Waals surface area (Å²) < 4.78 is 11.2. The molecular weight excluding hydrogens is 470 g/mol. The molecule has 0 spiro atoms. The molecule has 0 bridgehead atoms. The first-order chi connectivity index (χ1) is 17.8. The monoisotopic (exact) mass is 511 g/mol. The highest BCUT2D eigenvalue weighted by atomic mass is 16.5. The summed E-state index contributed by atoms with van der Waals surface area (Å²) in [5.41, 5.74) is 2.67. The van der Waals surface area contributed by atoms with Gasteiger partial charge in [0.1, 0.15) is 11.5 Å². The fraction of sp³-hybridized carbons (Fsp3) is 0.467. The van der Waals surface area contributed by atoms with Crippen molar-refractivity contribution in [2.24, 2.45) is 0 Å².